The summed E-state index contributed by atoms with van der Waals surface area (Å²) in [5.41, 5.74) is 4.24. The molecule has 2 heterocycles. The Kier molecular flexibility index (Phi) is 9.13. The van der Waals surface area contributed by atoms with E-state index in [1.54, 1.807) is 11.3 Å². The molecule has 3 amide bonds. The van der Waals surface area contributed by atoms with Crippen LogP contribution in [0.4, 0.5) is 0 Å². The predicted molar refractivity (Wildman–Crippen MR) is 146 cm³/mol. The first-order valence-corrected chi connectivity index (χ1v) is 13.7. The molecule has 0 bridgehead atoms. The molecule has 1 fully saturated rings. The molecular weight excluding hydrogens is 488 g/mol. The van der Waals surface area contributed by atoms with Gasteiger partial charge in [0.05, 0.1) is 22.2 Å². The highest BCUT2D eigenvalue weighted by atomic mass is 32.1. The third kappa shape index (κ3) is 6.96. The Morgan fingerprint density at radius 2 is 1.81 bits per heavy atom. The van der Waals surface area contributed by atoms with E-state index in [0.29, 0.717) is 6.54 Å². The van der Waals surface area contributed by atoms with Crippen molar-refractivity contribution in [3.05, 3.63) is 41.0 Å². The number of aromatic nitrogens is 1. The molecule has 9 heteroatoms. The summed E-state index contributed by atoms with van der Waals surface area (Å²) in [7, 11) is 0. The number of likely N-dealkylation sites (tertiary alicyclic amines) is 1. The molecule has 0 saturated carbocycles. The molecule has 0 radical (unpaired) electrons. The maximum absolute atomic E-state index is 13.6. The van der Waals surface area contributed by atoms with Crippen molar-refractivity contribution in [3.63, 3.8) is 0 Å². The summed E-state index contributed by atoms with van der Waals surface area (Å²) >= 11 is 1.59. The summed E-state index contributed by atoms with van der Waals surface area (Å²) in [5.74, 6) is -0.990. The average molecular weight is 529 g/mol. The Bertz CT molecular complexity index is 1110. The molecule has 2 aromatic rings. The number of nitrogens with zero attached hydrogens (tertiary/aromatic N) is 2. The van der Waals surface area contributed by atoms with Gasteiger partial charge in [0.1, 0.15) is 12.1 Å². The van der Waals surface area contributed by atoms with E-state index in [1.165, 1.54) is 4.90 Å². The van der Waals surface area contributed by atoms with Crippen LogP contribution in [-0.2, 0) is 20.9 Å². The van der Waals surface area contributed by atoms with Gasteiger partial charge in [0, 0.05) is 25.4 Å². The van der Waals surface area contributed by atoms with Crippen molar-refractivity contribution >= 4 is 29.1 Å². The van der Waals surface area contributed by atoms with Crippen LogP contribution in [0.15, 0.2) is 29.8 Å². The SMILES string of the molecule is Cc1ncsc1-c1ccc(CNC(=O)[C@@H]2C[C@@H](O)CN2C(=O)[C@@H](NC(=O)C(C)C(C)C)C(C)(C)C)cc1. The fourth-order valence-electron chi connectivity index (χ4n) is 4.36. The van der Waals surface area contributed by atoms with Gasteiger partial charge in [-0.1, -0.05) is 65.8 Å². The number of carbonyl (C=O) groups is 3. The van der Waals surface area contributed by atoms with Crippen LogP contribution in [0, 0.1) is 24.2 Å². The van der Waals surface area contributed by atoms with Crippen LogP contribution in [0.3, 0.4) is 0 Å². The van der Waals surface area contributed by atoms with Gasteiger partial charge in [-0.25, -0.2) is 4.98 Å². The molecule has 4 atom stereocenters. The van der Waals surface area contributed by atoms with E-state index in [-0.39, 0.29) is 42.5 Å². The zero-order chi connectivity index (χ0) is 27.5. The molecule has 202 valence electrons. The number of nitrogens with one attached hydrogen (secondary N) is 2. The number of rotatable bonds is 8. The third-order valence-electron chi connectivity index (χ3n) is 7.11. The summed E-state index contributed by atoms with van der Waals surface area (Å²) < 4.78 is 0. The minimum Gasteiger partial charge on any atom is -0.391 e. The van der Waals surface area contributed by atoms with Gasteiger partial charge in [0.15, 0.2) is 0 Å². The van der Waals surface area contributed by atoms with Crippen LogP contribution < -0.4 is 10.6 Å². The normalized spacial score (nSPS) is 19.5. The third-order valence-corrected chi connectivity index (χ3v) is 8.08. The molecule has 37 heavy (non-hydrogen) atoms. The summed E-state index contributed by atoms with van der Waals surface area (Å²) in [6, 6.07) is 6.32. The van der Waals surface area contributed by atoms with E-state index in [9.17, 15) is 19.5 Å². The molecule has 1 aromatic heterocycles. The summed E-state index contributed by atoms with van der Waals surface area (Å²) in [5, 5.41) is 16.2. The lowest BCUT2D eigenvalue weighted by molar-refractivity contribution is -0.144. The summed E-state index contributed by atoms with van der Waals surface area (Å²) in [6.45, 7) is 13.8. The molecule has 0 spiro atoms. The van der Waals surface area contributed by atoms with Gasteiger partial charge in [-0.3, -0.25) is 14.4 Å². The zero-order valence-electron chi connectivity index (χ0n) is 22.9. The van der Waals surface area contributed by atoms with Crippen LogP contribution >= 0.6 is 11.3 Å². The van der Waals surface area contributed by atoms with Crippen molar-refractivity contribution in [2.24, 2.45) is 17.3 Å². The Morgan fingerprint density at radius 1 is 1.16 bits per heavy atom. The smallest absolute Gasteiger partial charge is 0.246 e. The number of carbonyl (C=O) groups excluding carboxylic acids is 3. The average Bonchev–Trinajstić information content (AvgIpc) is 3.44. The molecule has 1 saturated heterocycles. The largest absolute Gasteiger partial charge is 0.391 e. The molecule has 1 aliphatic rings. The first-order valence-electron chi connectivity index (χ1n) is 12.9. The van der Waals surface area contributed by atoms with E-state index < -0.39 is 23.6 Å². The second-order valence-corrected chi connectivity index (χ2v) is 12.3. The Labute approximate surface area is 223 Å². The quantitative estimate of drug-likeness (QED) is 0.486. The lowest BCUT2D eigenvalue weighted by atomic mass is 9.84. The molecule has 0 aliphatic carbocycles. The van der Waals surface area contributed by atoms with E-state index in [4.69, 9.17) is 0 Å². The van der Waals surface area contributed by atoms with Crippen LogP contribution in [0.2, 0.25) is 0 Å². The molecular formula is C28H40N4O4S. The first kappa shape index (κ1) is 28.8. The number of amides is 3. The number of thiazole rings is 1. The van der Waals surface area contributed by atoms with Gasteiger partial charge in [0.25, 0.3) is 0 Å². The van der Waals surface area contributed by atoms with E-state index in [1.807, 2.05) is 78.2 Å². The van der Waals surface area contributed by atoms with Gasteiger partial charge >= 0.3 is 0 Å². The number of aliphatic hydroxyl groups excluding tert-OH is 1. The van der Waals surface area contributed by atoms with Crippen LogP contribution in [0.5, 0.6) is 0 Å². The van der Waals surface area contributed by atoms with Gasteiger partial charge in [0.2, 0.25) is 17.7 Å². The van der Waals surface area contributed by atoms with Gasteiger partial charge < -0.3 is 20.6 Å². The van der Waals surface area contributed by atoms with Crippen LogP contribution in [0.25, 0.3) is 10.4 Å². The number of β-amino-alcohol motifs (C(OH)–C–C–N with tert-alkyl or cyclic N) is 1. The monoisotopic (exact) mass is 528 g/mol. The van der Waals surface area contributed by atoms with E-state index in [2.05, 4.69) is 15.6 Å². The van der Waals surface area contributed by atoms with Crippen molar-refractivity contribution in [2.45, 2.75) is 79.6 Å². The van der Waals surface area contributed by atoms with Crippen molar-refractivity contribution in [1.29, 1.82) is 0 Å². The predicted octanol–water partition coefficient (Wildman–Crippen LogP) is 3.52. The molecule has 3 N–H and O–H groups in total. The highest BCUT2D eigenvalue weighted by molar-refractivity contribution is 7.13. The first-order chi connectivity index (χ1) is 17.3. The van der Waals surface area contributed by atoms with Crippen molar-refractivity contribution in [1.82, 2.24) is 20.5 Å². The second kappa shape index (κ2) is 11.7. The molecule has 8 nitrogen and oxygen atoms in total. The minimum atomic E-state index is -0.815. The maximum atomic E-state index is 13.6. The van der Waals surface area contributed by atoms with Crippen molar-refractivity contribution in [3.8, 4) is 10.4 Å². The standard InChI is InChI=1S/C28H40N4O4S/c1-16(2)17(3)25(34)31-24(28(5,6)7)27(36)32-14-21(33)12-22(32)26(35)29-13-19-8-10-20(11-9-19)23-18(4)30-15-37-23/h8-11,15-17,21-22,24,33H,12-14H2,1-7H3,(H,29,35)(H,31,34)/t17?,21-,22+,24-/m1/s1. The fourth-order valence-corrected chi connectivity index (χ4v) is 5.17. The van der Waals surface area contributed by atoms with Crippen molar-refractivity contribution in [2.75, 3.05) is 6.54 Å². The topological polar surface area (TPSA) is 112 Å². The lowest BCUT2D eigenvalue weighted by Crippen LogP contribution is -2.58. The van der Waals surface area contributed by atoms with Gasteiger partial charge in [-0.15, -0.1) is 11.3 Å². The number of benzene rings is 1. The number of aryl methyl sites for hydroxylation is 1. The Hall–Kier alpha value is -2.78. The second-order valence-electron chi connectivity index (χ2n) is 11.4. The molecule has 1 aromatic carbocycles. The van der Waals surface area contributed by atoms with Gasteiger partial charge in [-0.2, -0.15) is 0 Å². The Morgan fingerprint density at radius 3 is 2.35 bits per heavy atom. The summed E-state index contributed by atoms with van der Waals surface area (Å²) in [6.07, 6.45) is -0.637. The van der Waals surface area contributed by atoms with E-state index in [0.717, 1.165) is 21.7 Å². The van der Waals surface area contributed by atoms with Gasteiger partial charge in [-0.05, 0) is 29.4 Å². The minimum absolute atomic E-state index is 0.0575. The van der Waals surface area contributed by atoms with Crippen LogP contribution in [0.1, 0.15) is 59.2 Å². The van der Waals surface area contributed by atoms with Crippen molar-refractivity contribution < 1.29 is 19.5 Å². The molecule has 1 aliphatic heterocycles. The molecule has 1 unspecified atom stereocenters. The number of hydrogen-bond donors (Lipinski definition) is 3. The van der Waals surface area contributed by atoms with E-state index >= 15 is 0 Å². The molecule has 3 rings (SSSR count). The van der Waals surface area contributed by atoms with Crippen LogP contribution in [-0.4, -0.2) is 57.4 Å². The zero-order valence-corrected chi connectivity index (χ0v) is 23.7. The maximum Gasteiger partial charge on any atom is 0.246 e. The Balaban J connectivity index is 1.69. The number of hydrogen-bond acceptors (Lipinski definition) is 6. The lowest BCUT2D eigenvalue weighted by Gasteiger charge is -2.36. The highest BCUT2D eigenvalue weighted by Gasteiger charge is 2.44. The summed E-state index contributed by atoms with van der Waals surface area (Å²) in [4.78, 5) is 46.4. The number of aliphatic hydroxyl groups is 1. The fraction of sp³-hybridized carbons (Fsp3) is 0.571. The highest BCUT2D eigenvalue weighted by Crippen LogP contribution is 2.28.